The van der Waals surface area contributed by atoms with Gasteiger partial charge in [0.1, 0.15) is 5.75 Å². The Balaban J connectivity index is 1.78. The van der Waals surface area contributed by atoms with Gasteiger partial charge in [0.2, 0.25) is 0 Å². The normalized spacial score (nSPS) is 11.8. The predicted octanol–water partition coefficient (Wildman–Crippen LogP) is 5.01. The molecule has 0 spiro atoms. The molecule has 0 aliphatic heterocycles. The van der Waals surface area contributed by atoms with Crippen LogP contribution in [0.1, 0.15) is 24.1 Å². The average molecular weight is 366 g/mol. The molecular formula is C22H20ClNO2. The van der Waals surface area contributed by atoms with E-state index in [9.17, 15) is 4.79 Å². The molecule has 1 atom stereocenters. The van der Waals surface area contributed by atoms with Crippen molar-refractivity contribution in [3.05, 3.63) is 101 Å². The number of carbonyl (C=O) groups is 1. The molecule has 0 heterocycles. The van der Waals surface area contributed by atoms with Gasteiger partial charge in [-0.2, -0.15) is 0 Å². The van der Waals surface area contributed by atoms with Crippen LogP contribution in [-0.4, -0.2) is 12.0 Å². The van der Waals surface area contributed by atoms with Gasteiger partial charge in [-0.1, -0.05) is 84.4 Å². The van der Waals surface area contributed by atoms with E-state index in [1.54, 1.807) is 19.1 Å². The predicted molar refractivity (Wildman–Crippen MR) is 104 cm³/mol. The maximum atomic E-state index is 12.7. The lowest BCUT2D eigenvalue weighted by Crippen LogP contribution is -2.39. The van der Waals surface area contributed by atoms with E-state index in [2.05, 4.69) is 5.32 Å². The van der Waals surface area contributed by atoms with E-state index < -0.39 is 6.10 Å². The van der Waals surface area contributed by atoms with Gasteiger partial charge >= 0.3 is 0 Å². The Labute approximate surface area is 158 Å². The zero-order valence-corrected chi connectivity index (χ0v) is 15.2. The maximum Gasteiger partial charge on any atom is 0.261 e. The summed E-state index contributed by atoms with van der Waals surface area (Å²) in [5.74, 6) is 0.287. The Morgan fingerprint density at radius 1 is 0.846 bits per heavy atom. The lowest BCUT2D eigenvalue weighted by Gasteiger charge is -2.23. The average Bonchev–Trinajstić information content (AvgIpc) is 2.69. The van der Waals surface area contributed by atoms with E-state index >= 15 is 0 Å². The highest BCUT2D eigenvalue weighted by atomic mass is 35.5. The first kappa shape index (κ1) is 18.0. The largest absolute Gasteiger partial charge is 0.479 e. The minimum Gasteiger partial charge on any atom is -0.479 e. The van der Waals surface area contributed by atoms with E-state index in [-0.39, 0.29) is 11.9 Å². The first-order chi connectivity index (χ1) is 12.6. The molecule has 132 valence electrons. The number of amides is 1. The van der Waals surface area contributed by atoms with Crippen molar-refractivity contribution < 1.29 is 9.53 Å². The third-order valence-electron chi connectivity index (χ3n) is 4.06. The number of benzene rings is 3. The Morgan fingerprint density at radius 2 is 1.35 bits per heavy atom. The van der Waals surface area contributed by atoms with Gasteiger partial charge in [0.05, 0.1) is 11.1 Å². The fourth-order valence-corrected chi connectivity index (χ4v) is 2.87. The molecule has 0 bridgehead atoms. The van der Waals surface area contributed by atoms with Crippen molar-refractivity contribution in [3.8, 4) is 5.75 Å². The van der Waals surface area contributed by atoms with Crippen molar-refractivity contribution in [1.82, 2.24) is 5.32 Å². The summed E-state index contributed by atoms with van der Waals surface area (Å²) in [7, 11) is 0. The van der Waals surface area contributed by atoms with Crippen LogP contribution in [0.3, 0.4) is 0 Å². The molecule has 0 aliphatic rings. The first-order valence-electron chi connectivity index (χ1n) is 8.46. The molecular weight excluding hydrogens is 346 g/mol. The van der Waals surface area contributed by atoms with E-state index in [0.29, 0.717) is 10.8 Å². The van der Waals surface area contributed by atoms with Crippen molar-refractivity contribution in [2.24, 2.45) is 0 Å². The second kappa shape index (κ2) is 8.54. The third-order valence-corrected chi connectivity index (χ3v) is 4.37. The number of halogens is 1. The fraction of sp³-hybridized carbons (Fsp3) is 0.136. The standard InChI is InChI=1S/C22H20ClNO2/c1-16(26-20-15-9-8-14-19(20)23)22(25)24-21(17-10-4-2-5-11-17)18-12-6-3-7-13-18/h2-16,21H,1H3,(H,24,25). The van der Waals surface area contributed by atoms with Crippen LogP contribution >= 0.6 is 11.6 Å². The van der Waals surface area contributed by atoms with Crippen molar-refractivity contribution in [2.45, 2.75) is 19.1 Å². The number of hydrogen-bond donors (Lipinski definition) is 1. The summed E-state index contributed by atoms with van der Waals surface area (Å²) in [5.41, 5.74) is 2.02. The highest BCUT2D eigenvalue weighted by Crippen LogP contribution is 2.25. The molecule has 0 fully saturated rings. The molecule has 3 rings (SSSR count). The summed E-state index contributed by atoms with van der Waals surface area (Å²) in [4.78, 5) is 12.7. The van der Waals surface area contributed by atoms with Crippen molar-refractivity contribution in [1.29, 1.82) is 0 Å². The number of carbonyl (C=O) groups excluding carboxylic acids is 1. The molecule has 3 aromatic rings. The first-order valence-corrected chi connectivity index (χ1v) is 8.84. The van der Waals surface area contributed by atoms with Crippen molar-refractivity contribution >= 4 is 17.5 Å². The molecule has 3 aromatic carbocycles. The Hall–Kier alpha value is -2.78. The minimum absolute atomic E-state index is 0.206. The van der Waals surface area contributed by atoms with Crippen LogP contribution in [0.5, 0.6) is 5.75 Å². The van der Waals surface area contributed by atoms with Crippen LogP contribution in [0.2, 0.25) is 5.02 Å². The number of ether oxygens (including phenoxy) is 1. The molecule has 0 aliphatic carbocycles. The zero-order chi connectivity index (χ0) is 18.4. The van der Waals surface area contributed by atoms with Crippen LogP contribution in [0, 0.1) is 0 Å². The fourth-order valence-electron chi connectivity index (χ4n) is 2.69. The SMILES string of the molecule is CC(Oc1ccccc1Cl)C(=O)NC(c1ccccc1)c1ccccc1. The van der Waals surface area contributed by atoms with E-state index in [1.165, 1.54) is 0 Å². The molecule has 0 aromatic heterocycles. The molecule has 4 heteroatoms. The molecule has 0 saturated carbocycles. The van der Waals surface area contributed by atoms with Gasteiger partial charge in [0.15, 0.2) is 6.10 Å². The summed E-state index contributed by atoms with van der Waals surface area (Å²) in [6.45, 7) is 1.71. The Bertz CT molecular complexity index is 813. The zero-order valence-electron chi connectivity index (χ0n) is 14.4. The van der Waals surface area contributed by atoms with Crippen LogP contribution < -0.4 is 10.1 Å². The topological polar surface area (TPSA) is 38.3 Å². The molecule has 3 nitrogen and oxygen atoms in total. The van der Waals surface area contributed by atoms with E-state index in [1.807, 2.05) is 72.8 Å². The second-order valence-electron chi connectivity index (χ2n) is 5.95. The summed E-state index contributed by atoms with van der Waals surface area (Å²) in [6, 6.07) is 26.6. The Kier molecular flexibility index (Phi) is 5.92. The molecule has 0 radical (unpaired) electrons. The molecule has 1 amide bonds. The highest BCUT2D eigenvalue weighted by Gasteiger charge is 2.22. The van der Waals surface area contributed by atoms with Gasteiger partial charge in [0, 0.05) is 0 Å². The molecule has 0 saturated heterocycles. The lowest BCUT2D eigenvalue weighted by atomic mass is 9.98. The van der Waals surface area contributed by atoms with E-state index in [0.717, 1.165) is 11.1 Å². The third kappa shape index (κ3) is 4.44. The van der Waals surface area contributed by atoms with Gasteiger partial charge in [-0.15, -0.1) is 0 Å². The monoisotopic (exact) mass is 365 g/mol. The summed E-state index contributed by atoms with van der Waals surface area (Å²) in [5, 5.41) is 3.56. The lowest BCUT2D eigenvalue weighted by molar-refractivity contribution is -0.127. The van der Waals surface area contributed by atoms with Gasteiger partial charge < -0.3 is 10.1 Å². The number of rotatable bonds is 6. The molecule has 1 unspecified atom stereocenters. The van der Waals surface area contributed by atoms with Crippen LogP contribution in [0.4, 0.5) is 0 Å². The van der Waals surface area contributed by atoms with E-state index in [4.69, 9.17) is 16.3 Å². The summed E-state index contributed by atoms with van der Waals surface area (Å²) < 4.78 is 5.74. The number of para-hydroxylation sites is 1. The maximum absolute atomic E-state index is 12.7. The smallest absolute Gasteiger partial charge is 0.261 e. The van der Waals surface area contributed by atoms with Crippen molar-refractivity contribution in [3.63, 3.8) is 0 Å². The number of hydrogen-bond acceptors (Lipinski definition) is 2. The molecule has 1 N–H and O–H groups in total. The molecule has 26 heavy (non-hydrogen) atoms. The van der Waals surface area contributed by atoms with Crippen molar-refractivity contribution in [2.75, 3.05) is 0 Å². The summed E-state index contributed by atoms with van der Waals surface area (Å²) >= 11 is 6.11. The van der Waals surface area contributed by atoms with Crippen LogP contribution in [-0.2, 0) is 4.79 Å². The van der Waals surface area contributed by atoms with Crippen LogP contribution in [0.15, 0.2) is 84.9 Å². The van der Waals surface area contributed by atoms with Gasteiger partial charge in [-0.05, 0) is 30.2 Å². The summed E-state index contributed by atoms with van der Waals surface area (Å²) in [6.07, 6.45) is -0.676. The van der Waals surface area contributed by atoms with Gasteiger partial charge in [-0.3, -0.25) is 4.79 Å². The van der Waals surface area contributed by atoms with Gasteiger partial charge in [0.25, 0.3) is 5.91 Å². The highest BCUT2D eigenvalue weighted by molar-refractivity contribution is 6.32. The number of nitrogens with one attached hydrogen (secondary N) is 1. The van der Waals surface area contributed by atoms with Crippen LogP contribution in [0.25, 0.3) is 0 Å². The second-order valence-corrected chi connectivity index (χ2v) is 6.36. The van der Waals surface area contributed by atoms with Gasteiger partial charge in [-0.25, -0.2) is 0 Å². The minimum atomic E-state index is -0.676. The quantitative estimate of drug-likeness (QED) is 0.666. The Morgan fingerprint density at radius 3 is 1.88 bits per heavy atom.